The zero-order valence-corrected chi connectivity index (χ0v) is 29.3. The van der Waals surface area contributed by atoms with Crippen molar-refractivity contribution in [2.75, 3.05) is 0 Å². The van der Waals surface area contributed by atoms with Crippen LogP contribution in [0.15, 0.2) is 181 Å². The fourth-order valence-electron chi connectivity index (χ4n) is 6.73. The number of ether oxygens (including phenoxy) is 1. The maximum absolute atomic E-state index is 6.75. The van der Waals surface area contributed by atoms with Gasteiger partial charge in [0, 0.05) is 38.9 Å². The molecular formula is C45H38N3OP. The molecule has 0 spiro atoms. The molecule has 0 unspecified atom stereocenters. The van der Waals surface area contributed by atoms with Gasteiger partial charge < -0.3 is 4.74 Å². The number of hydrogen-bond acceptors (Lipinski definition) is 3. The van der Waals surface area contributed by atoms with E-state index in [-0.39, 0.29) is 5.41 Å². The van der Waals surface area contributed by atoms with Crippen LogP contribution in [0.5, 0.6) is 11.5 Å². The maximum Gasteiger partial charge on any atom is 0.137 e. The Morgan fingerprint density at radius 1 is 0.540 bits per heavy atom. The first-order chi connectivity index (χ1) is 24.4. The van der Waals surface area contributed by atoms with E-state index in [1.54, 1.807) is 0 Å². The maximum atomic E-state index is 6.75. The molecule has 4 nitrogen and oxygen atoms in total. The summed E-state index contributed by atoms with van der Waals surface area (Å²) in [5, 5.41) is 5.83. The first-order valence-corrected chi connectivity index (χ1v) is 18.7. The van der Waals surface area contributed by atoms with Gasteiger partial charge in [0.15, 0.2) is 0 Å². The molecule has 0 radical (unpaired) electrons. The molecule has 244 valence electrons. The lowest BCUT2D eigenvalue weighted by Gasteiger charge is -2.27. The lowest BCUT2D eigenvalue weighted by molar-refractivity contribution is 0.484. The second kappa shape index (κ2) is 13.0. The van der Waals surface area contributed by atoms with Crippen LogP contribution < -0.4 is 20.7 Å². The molecule has 6 aromatic carbocycles. The van der Waals surface area contributed by atoms with Crippen LogP contribution in [0.3, 0.4) is 0 Å². The highest BCUT2D eigenvalue weighted by atomic mass is 31.2. The smallest absolute Gasteiger partial charge is 0.137 e. The molecule has 0 N–H and O–H groups in total. The van der Waals surface area contributed by atoms with E-state index in [1.165, 1.54) is 21.6 Å². The highest BCUT2D eigenvalue weighted by Gasteiger charge is 2.28. The first kappa shape index (κ1) is 31.6. The molecule has 0 amide bonds. The van der Waals surface area contributed by atoms with E-state index in [9.17, 15) is 0 Å². The molecule has 0 saturated carbocycles. The number of nitrogens with zero attached hydrogens (tertiary/aromatic N) is 3. The fourth-order valence-corrected chi connectivity index (χ4v) is 10.3. The Bertz CT molecular complexity index is 2460. The van der Waals surface area contributed by atoms with E-state index in [2.05, 4.69) is 171 Å². The molecule has 0 atom stereocenters. The van der Waals surface area contributed by atoms with E-state index in [0.717, 1.165) is 44.7 Å². The van der Waals surface area contributed by atoms with Crippen LogP contribution in [0.2, 0.25) is 0 Å². The second-order valence-corrected chi connectivity index (χ2v) is 16.5. The van der Waals surface area contributed by atoms with Crippen molar-refractivity contribution in [3.05, 3.63) is 182 Å². The van der Waals surface area contributed by atoms with Gasteiger partial charge in [0.1, 0.15) is 17.3 Å². The van der Waals surface area contributed by atoms with E-state index in [0.29, 0.717) is 0 Å². The summed E-state index contributed by atoms with van der Waals surface area (Å²) in [6.07, 6.45) is 1.91. The predicted octanol–water partition coefficient (Wildman–Crippen LogP) is 11.1. The van der Waals surface area contributed by atoms with Gasteiger partial charge >= 0.3 is 0 Å². The van der Waals surface area contributed by atoms with Gasteiger partial charge in [-0.2, -0.15) is 0 Å². The number of fused-ring (bicyclic) bond motifs is 3. The van der Waals surface area contributed by atoms with Crippen LogP contribution in [0.4, 0.5) is 5.69 Å². The van der Waals surface area contributed by atoms with Gasteiger partial charge in [-0.05, 0) is 65.6 Å². The van der Waals surface area contributed by atoms with Gasteiger partial charge in [-0.25, -0.2) is 4.98 Å². The monoisotopic (exact) mass is 667 g/mol. The van der Waals surface area contributed by atoms with Crippen LogP contribution in [-0.4, -0.2) is 9.55 Å². The molecule has 0 fully saturated rings. The van der Waals surface area contributed by atoms with Crippen molar-refractivity contribution in [3.8, 4) is 17.3 Å². The van der Waals surface area contributed by atoms with Crippen molar-refractivity contribution in [1.82, 2.24) is 9.55 Å². The molecule has 0 saturated heterocycles. The minimum Gasteiger partial charge on any atom is -0.457 e. The molecule has 8 rings (SSSR count). The lowest BCUT2D eigenvalue weighted by Crippen LogP contribution is -2.25. The van der Waals surface area contributed by atoms with Crippen molar-refractivity contribution in [1.29, 1.82) is 0 Å². The van der Waals surface area contributed by atoms with Gasteiger partial charge in [-0.15, -0.1) is 0 Å². The van der Waals surface area contributed by atoms with Crippen LogP contribution in [0.1, 0.15) is 26.3 Å². The summed E-state index contributed by atoms with van der Waals surface area (Å²) in [6, 6.07) is 59.4. The molecule has 2 aromatic heterocycles. The Hall–Kier alpha value is -5.70. The molecule has 0 aliphatic carbocycles. The molecule has 0 aliphatic rings. The summed E-state index contributed by atoms with van der Waals surface area (Å²) >= 11 is 0. The predicted molar refractivity (Wildman–Crippen MR) is 211 cm³/mol. The Labute approximate surface area is 293 Å². The van der Waals surface area contributed by atoms with Crippen LogP contribution in [0, 0.1) is 0 Å². The van der Waals surface area contributed by atoms with E-state index < -0.39 is 7.05 Å². The average Bonchev–Trinajstić information content (AvgIpc) is 3.48. The standard InChI is InChI=1S/C45H38N3OP/c1-45(2,3)33-28-29-46-44(30-33)48-42-25-14-13-24-40(42)41-27-26-36(32-43(41)48)49-35-18-15-23-39(31-35)50(37-19-9-5-10-20-37,38-21-11-6-12-22-38)47-34-16-7-4-8-17-34/h4-32H,1-3H3. The third kappa shape index (κ3) is 5.82. The highest BCUT2D eigenvalue weighted by molar-refractivity contribution is 7.87. The van der Waals surface area contributed by atoms with Crippen LogP contribution >= 0.6 is 7.05 Å². The second-order valence-electron chi connectivity index (χ2n) is 13.5. The fraction of sp³-hybridized carbons (Fsp3) is 0.0889. The third-order valence-corrected chi connectivity index (χ3v) is 12.8. The summed E-state index contributed by atoms with van der Waals surface area (Å²) in [7, 11) is -2.50. The summed E-state index contributed by atoms with van der Waals surface area (Å²) in [5.41, 5.74) is 4.35. The Morgan fingerprint density at radius 2 is 1.14 bits per heavy atom. The van der Waals surface area contributed by atoms with Crippen molar-refractivity contribution in [3.63, 3.8) is 0 Å². The van der Waals surface area contributed by atoms with E-state index >= 15 is 0 Å². The average molecular weight is 668 g/mol. The SMILES string of the molecule is CC(C)(C)c1ccnc(-n2c3ccccc3c3ccc(Oc4cccc(P(=Nc5ccccc5)(c5ccccc5)c5ccccc5)c4)cc32)c1. The summed E-state index contributed by atoms with van der Waals surface area (Å²) in [5.74, 6) is 2.41. The van der Waals surface area contributed by atoms with Gasteiger partial charge in [0.25, 0.3) is 0 Å². The minimum absolute atomic E-state index is 0.0000924. The van der Waals surface area contributed by atoms with Gasteiger partial charge in [-0.1, -0.05) is 130 Å². The van der Waals surface area contributed by atoms with Crippen molar-refractivity contribution < 1.29 is 4.74 Å². The molecule has 5 heteroatoms. The molecule has 50 heavy (non-hydrogen) atoms. The van der Waals surface area contributed by atoms with E-state index in [1.807, 2.05) is 30.5 Å². The zero-order chi connectivity index (χ0) is 34.1. The molecule has 2 heterocycles. The van der Waals surface area contributed by atoms with Gasteiger partial charge in [-0.3, -0.25) is 9.31 Å². The van der Waals surface area contributed by atoms with E-state index in [4.69, 9.17) is 14.5 Å². The normalized spacial score (nSPS) is 11.9. The highest BCUT2D eigenvalue weighted by Crippen LogP contribution is 2.50. The molecule has 0 bridgehead atoms. The van der Waals surface area contributed by atoms with Crippen LogP contribution in [-0.2, 0) is 5.41 Å². The minimum atomic E-state index is -2.50. The Morgan fingerprint density at radius 3 is 1.84 bits per heavy atom. The first-order valence-electron chi connectivity index (χ1n) is 17.0. The molecule has 8 aromatic rings. The van der Waals surface area contributed by atoms with Gasteiger partial charge in [0.2, 0.25) is 0 Å². The van der Waals surface area contributed by atoms with Crippen molar-refractivity contribution >= 4 is 50.5 Å². The lowest BCUT2D eigenvalue weighted by atomic mass is 9.88. The van der Waals surface area contributed by atoms with Crippen molar-refractivity contribution in [2.45, 2.75) is 26.2 Å². The number of benzene rings is 6. The largest absolute Gasteiger partial charge is 0.457 e. The summed E-state index contributed by atoms with van der Waals surface area (Å²) in [4.78, 5) is 4.86. The number of pyridine rings is 1. The topological polar surface area (TPSA) is 39.4 Å². The number of rotatable bonds is 7. The summed E-state index contributed by atoms with van der Waals surface area (Å²) < 4.78 is 14.6. The third-order valence-electron chi connectivity index (χ3n) is 9.19. The van der Waals surface area contributed by atoms with Crippen molar-refractivity contribution in [2.24, 2.45) is 4.74 Å². The Balaban J connectivity index is 1.28. The Kier molecular flexibility index (Phi) is 8.18. The summed E-state index contributed by atoms with van der Waals surface area (Å²) in [6.45, 7) is 6.70. The number of hydrogen-bond donors (Lipinski definition) is 0. The zero-order valence-electron chi connectivity index (χ0n) is 28.4. The number of para-hydroxylation sites is 1. The quantitative estimate of drug-likeness (QED) is 0.159. The van der Waals surface area contributed by atoms with Gasteiger partial charge in [0.05, 0.1) is 23.8 Å². The number of aromatic nitrogens is 2. The molecule has 0 aliphatic heterocycles. The van der Waals surface area contributed by atoms with Crippen LogP contribution in [0.25, 0.3) is 27.6 Å². The molecular weight excluding hydrogens is 629 g/mol.